The van der Waals surface area contributed by atoms with Crippen molar-refractivity contribution in [3.05, 3.63) is 63.9 Å². The van der Waals surface area contributed by atoms with Crippen LogP contribution in [-0.4, -0.2) is 6.54 Å². The number of halogens is 2. The molecule has 0 saturated carbocycles. The monoisotopic (exact) mass is 292 g/mol. The van der Waals surface area contributed by atoms with Crippen LogP contribution in [0.2, 0.25) is 5.02 Å². The van der Waals surface area contributed by atoms with Crippen molar-refractivity contribution in [3.63, 3.8) is 0 Å². The van der Waals surface area contributed by atoms with Gasteiger partial charge in [-0.1, -0.05) is 23.7 Å². The fourth-order valence-corrected chi connectivity index (χ4v) is 2.31. The minimum absolute atomic E-state index is 0.149. The van der Waals surface area contributed by atoms with E-state index < -0.39 is 0 Å². The summed E-state index contributed by atoms with van der Waals surface area (Å²) in [5.41, 5.74) is 9.59. The average Bonchev–Trinajstić information content (AvgIpc) is 2.43. The molecule has 0 heterocycles. The first-order valence-electron chi connectivity index (χ1n) is 6.50. The summed E-state index contributed by atoms with van der Waals surface area (Å²) in [4.78, 5) is 0. The molecule has 0 fully saturated rings. The van der Waals surface area contributed by atoms with Gasteiger partial charge in [0.05, 0.1) is 6.04 Å². The third-order valence-corrected chi connectivity index (χ3v) is 3.77. The highest BCUT2D eigenvalue weighted by atomic mass is 35.5. The second kappa shape index (κ2) is 6.25. The Bertz CT molecular complexity index is 613. The van der Waals surface area contributed by atoms with Crippen molar-refractivity contribution in [1.29, 1.82) is 0 Å². The highest BCUT2D eigenvalue weighted by Gasteiger charge is 2.13. The van der Waals surface area contributed by atoms with Crippen LogP contribution in [0, 0.1) is 19.7 Å². The Labute approximate surface area is 123 Å². The number of benzene rings is 2. The van der Waals surface area contributed by atoms with Crippen LogP contribution in [0.5, 0.6) is 0 Å². The SMILES string of the molecule is Cc1ccc(NC(CN)c2cc(F)ccc2C)cc1Cl. The van der Waals surface area contributed by atoms with Crippen molar-refractivity contribution >= 4 is 17.3 Å². The van der Waals surface area contributed by atoms with Gasteiger partial charge in [-0.25, -0.2) is 4.39 Å². The Hall–Kier alpha value is -1.58. The summed E-state index contributed by atoms with van der Waals surface area (Å²) in [6.45, 7) is 4.26. The highest BCUT2D eigenvalue weighted by Crippen LogP contribution is 2.25. The lowest BCUT2D eigenvalue weighted by Crippen LogP contribution is -2.21. The van der Waals surface area contributed by atoms with E-state index in [2.05, 4.69) is 5.32 Å². The Balaban J connectivity index is 2.28. The quantitative estimate of drug-likeness (QED) is 0.886. The molecule has 0 bridgehead atoms. The van der Waals surface area contributed by atoms with Gasteiger partial charge in [-0.05, 0) is 54.8 Å². The van der Waals surface area contributed by atoms with Gasteiger partial charge in [0.15, 0.2) is 0 Å². The maximum atomic E-state index is 13.4. The zero-order valence-electron chi connectivity index (χ0n) is 11.6. The minimum atomic E-state index is -0.257. The van der Waals surface area contributed by atoms with E-state index in [1.807, 2.05) is 32.0 Å². The molecule has 0 aliphatic heterocycles. The Morgan fingerprint density at radius 1 is 1.15 bits per heavy atom. The number of aryl methyl sites for hydroxylation is 2. The molecular weight excluding hydrogens is 275 g/mol. The summed E-state index contributed by atoms with van der Waals surface area (Å²) in [6, 6.07) is 10.3. The van der Waals surface area contributed by atoms with E-state index in [0.717, 1.165) is 22.4 Å². The second-order valence-corrected chi connectivity index (χ2v) is 5.30. The predicted octanol–water partition coefficient (Wildman–Crippen LogP) is 4.21. The van der Waals surface area contributed by atoms with Gasteiger partial charge in [0.1, 0.15) is 5.82 Å². The molecule has 4 heteroatoms. The van der Waals surface area contributed by atoms with Gasteiger partial charge in [-0.3, -0.25) is 0 Å². The Kier molecular flexibility index (Phi) is 4.63. The molecule has 2 nitrogen and oxygen atoms in total. The maximum Gasteiger partial charge on any atom is 0.123 e. The third kappa shape index (κ3) is 3.30. The van der Waals surface area contributed by atoms with Crippen molar-refractivity contribution in [1.82, 2.24) is 0 Å². The smallest absolute Gasteiger partial charge is 0.123 e. The van der Waals surface area contributed by atoms with Crippen molar-refractivity contribution in [2.24, 2.45) is 5.73 Å². The van der Waals surface area contributed by atoms with Gasteiger partial charge in [0.2, 0.25) is 0 Å². The standard InChI is InChI=1S/C16H18ClFN2/c1-10-3-5-12(18)7-14(10)16(9-19)20-13-6-4-11(2)15(17)8-13/h3-8,16,20H,9,19H2,1-2H3. The van der Waals surface area contributed by atoms with E-state index >= 15 is 0 Å². The molecule has 20 heavy (non-hydrogen) atoms. The van der Waals surface area contributed by atoms with Gasteiger partial charge in [-0.15, -0.1) is 0 Å². The van der Waals surface area contributed by atoms with Crippen LogP contribution in [0.1, 0.15) is 22.7 Å². The molecule has 2 aromatic rings. The van der Waals surface area contributed by atoms with E-state index in [0.29, 0.717) is 11.6 Å². The summed E-state index contributed by atoms with van der Waals surface area (Å²) in [7, 11) is 0. The lowest BCUT2D eigenvalue weighted by atomic mass is 10.0. The van der Waals surface area contributed by atoms with Crippen LogP contribution < -0.4 is 11.1 Å². The molecule has 2 aromatic carbocycles. The van der Waals surface area contributed by atoms with Crippen LogP contribution in [0.15, 0.2) is 36.4 Å². The number of nitrogens with one attached hydrogen (secondary N) is 1. The number of hydrogen-bond acceptors (Lipinski definition) is 2. The zero-order chi connectivity index (χ0) is 14.7. The fourth-order valence-electron chi connectivity index (χ4n) is 2.13. The molecule has 0 spiro atoms. The van der Waals surface area contributed by atoms with Crippen LogP contribution in [0.25, 0.3) is 0 Å². The van der Waals surface area contributed by atoms with Gasteiger partial charge >= 0.3 is 0 Å². The molecule has 0 amide bonds. The average molecular weight is 293 g/mol. The molecule has 0 aliphatic rings. The van der Waals surface area contributed by atoms with E-state index in [9.17, 15) is 4.39 Å². The van der Waals surface area contributed by atoms with Crippen LogP contribution >= 0.6 is 11.6 Å². The molecule has 1 unspecified atom stereocenters. The highest BCUT2D eigenvalue weighted by molar-refractivity contribution is 6.31. The Morgan fingerprint density at radius 2 is 1.85 bits per heavy atom. The summed E-state index contributed by atoms with van der Waals surface area (Å²) in [6.07, 6.45) is 0. The summed E-state index contributed by atoms with van der Waals surface area (Å²) in [5, 5.41) is 4.00. The van der Waals surface area contributed by atoms with Crippen LogP contribution in [0.4, 0.5) is 10.1 Å². The normalized spacial score (nSPS) is 12.2. The van der Waals surface area contributed by atoms with Gasteiger partial charge in [0.25, 0.3) is 0 Å². The van der Waals surface area contributed by atoms with Gasteiger partial charge in [0, 0.05) is 17.3 Å². The number of rotatable bonds is 4. The van der Waals surface area contributed by atoms with E-state index in [1.54, 1.807) is 6.07 Å². The Morgan fingerprint density at radius 3 is 2.50 bits per heavy atom. The lowest BCUT2D eigenvalue weighted by molar-refractivity contribution is 0.621. The molecule has 0 aliphatic carbocycles. The van der Waals surface area contributed by atoms with Crippen molar-refractivity contribution in [3.8, 4) is 0 Å². The second-order valence-electron chi connectivity index (χ2n) is 4.90. The summed E-state index contributed by atoms with van der Waals surface area (Å²) < 4.78 is 13.4. The first-order chi connectivity index (χ1) is 9.51. The molecule has 3 N–H and O–H groups in total. The predicted molar refractivity (Wildman–Crippen MR) is 82.7 cm³/mol. The van der Waals surface area contributed by atoms with Crippen molar-refractivity contribution < 1.29 is 4.39 Å². The minimum Gasteiger partial charge on any atom is -0.377 e. The molecular formula is C16H18ClFN2. The van der Waals surface area contributed by atoms with Gasteiger partial charge < -0.3 is 11.1 Å². The molecule has 2 rings (SSSR count). The number of anilines is 1. The number of nitrogens with two attached hydrogens (primary N) is 1. The first kappa shape index (κ1) is 14.8. The third-order valence-electron chi connectivity index (χ3n) is 3.37. The van der Waals surface area contributed by atoms with Crippen molar-refractivity contribution in [2.75, 3.05) is 11.9 Å². The molecule has 0 radical (unpaired) electrons. The van der Waals surface area contributed by atoms with Crippen molar-refractivity contribution in [2.45, 2.75) is 19.9 Å². The van der Waals surface area contributed by atoms with E-state index in [4.69, 9.17) is 17.3 Å². The van der Waals surface area contributed by atoms with Crippen LogP contribution in [-0.2, 0) is 0 Å². The van der Waals surface area contributed by atoms with E-state index in [1.165, 1.54) is 12.1 Å². The molecule has 0 aromatic heterocycles. The lowest BCUT2D eigenvalue weighted by Gasteiger charge is -2.21. The zero-order valence-corrected chi connectivity index (χ0v) is 12.3. The molecule has 106 valence electrons. The maximum absolute atomic E-state index is 13.4. The number of hydrogen-bond donors (Lipinski definition) is 2. The molecule has 1 atom stereocenters. The first-order valence-corrected chi connectivity index (χ1v) is 6.88. The summed E-state index contributed by atoms with van der Waals surface area (Å²) >= 11 is 6.11. The van der Waals surface area contributed by atoms with E-state index in [-0.39, 0.29) is 11.9 Å². The molecule has 0 saturated heterocycles. The largest absolute Gasteiger partial charge is 0.377 e. The van der Waals surface area contributed by atoms with Crippen LogP contribution in [0.3, 0.4) is 0 Å². The fraction of sp³-hybridized carbons (Fsp3) is 0.250. The van der Waals surface area contributed by atoms with Gasteiger partial charge in [-0.2, -0.15) is 0 Å². The topological polar surface area (TPSA) is 38.0 Å². The summed E-state index contributed by atoms with van der Waals surface area (Å²) in [5.74, 6) is -0.257.